The second kappa shape index (κ2) is 8.84. The highest BCUT2D eigenvalue weighted by molar-refractivity contribution is 7.89. The van der Waals surface area contributed by atoms with E-state index in [1.54, 1.807) is 49.6 Å². The van der Waals surface area contributed by atoms with E-state index in [-0.39, 0.29) is 17.1 Å². The number of nitrogens with zero attached hydrogens (tertiary/aromatic N) is 2. The number of hydrogen-bond acceptors (Lipinski definition) is 6. The third-order valence-electron chi connectivity index (χ3n) is 5.88. The fourth-order valence-electron chi connectivity index (χ4n) is 4.15. The van der Waals surface area contributed by atoms with Crippen molar-refractivity contribution in [3.8, 4) is 11.5 Å². The van der Waals surface area contributed by atoms with E-state index in [0.717, 1.165) is 16.7 Å². The van der Waals surface area contributed by atoms with E-state index in [0.29, 0.717) is 23.5 Å². The predicted octanol–water partition coefficient (Wildman–Crippen LogP) is 4.26. The fourth-order valence-corrected chi connectivity index (χ4v) is 5.75. The molecule has 1 atom stereocenters. The predicted molar refractivity (Wildman–Crippen MR) is 123 cm³/mol. The van der Waals surface area contributed by atoms with Gasteiger partial charge in [-0.1, -0.05) is 29.8 Å². The Morgan fingerprint density at radius 3 is 2.15 bits per heavy atom. The molecule has 3 aromatic carbocycles. The lowest BCUT2D eigenvalue weighted by atomic mass is 9.89. The van der Waals surface area contributed by atoms with Crippen molar-refractivity contribution in [2.24, 2.45) is 0 Å². The SMILES string of the molecule is COc1cc2c(cc1OC)C(c1ccc([N+](=O)[O-])cc1)N(S(=O)(=O)c1ccc(C)cc1)CC2. The maximum atomic E-state index is 13.7. The highest BCUT2D eigenvalue weighted by Crippen LogP contribution is 2.43. The van der Waals surface area contributed by atoms with Gasteiger partial charge < -0.3 is 9.47 Å². The van der Waals surface area contributed by atoms with Crippen LogP contribution in [0.2, 0.25) is 0 Å². The quantitative estimate of drug-likeness (QED) is 0.396. The summed E-state index contributed by atoms with van der Waals surface area (Å²) in [5.41, 5.74) is 3.22. The first-order chi connectivity index (χ1) is 15.8. The number of fused-ring (bicyclic) bond motifs is 1. The van der Waals surface area contributed by atoms with Crippen LogP contribution in [-0.2, 0) is 16.4 Å². The molecule has 0 saturated heterocycles. The average molecular weight is 469 g/mol. The number of ether oxygens (including phenoxy) is 2. The van der Waals surface area contributed by atoms with Crippen LogP contribution in [0.4, 0.5) is 5.69 Å². The Kier molecular flexibility index (Phi) is 6.09. The van der Waals surface area contributed by atoms with Crippen LogP contribution >= 0.6 is 0 Å². The molecule has 33 heavy (non-hydrogen) atoms. The van der Waals surface area contributed by atoms with Crippen molar-refractivity contribution in [1.82, 2.24) is 4.31 Å². The maximum absolute atomic E-state index is 13.7. The van der Waals surface area contributed by atoms with Gasteiger partial charge in [0.05, 0.1) is 30.1 Å². The molecule has 0 aliphatic carbocycles. The highest BCUT2D eigenvalue weighted by Gasteiger charge is 2.38. The minimum atomic E-state index is -3.85. The molecule has 9 heteroatoms. The summed E-state index contributed by atoms with van der Waals surface area (Å²) in [4.78, 5) is 10.9. The van der Waals surface area contributed by atoms with Gasteiger partial charge in [-0.05, 0) is 54.3 Å². The van der Waals surface area contributed by atoms with Crippen LogP contribution in [-0.4, -0.2) is 38.4 Å². The number of rotatable bonds is 6. The number of sulfonamides is 1. The van der Waals surface area contributed by atoms with E-state index < -0.39 is 21.0 Å². The van der Waals surface area contributed by atoms with E-state index in [4.69, 9.17) is 9.47 Å². The Bertz CT molecular complexity index is 1290. The van der Waals surface area contributed by atoms with Gasteiger partial charge in [-0.2, -0.15) is 4.31 Å². The Hall–Kier alpha value is -3.43. The van der Waals surface area contributed by atoms with Crippen molar-refractivity contribution >= 4 is 15.7 Å². The van der Waals surface area contributed by atoms with E-state index in [1.165, 1.54) is 23.5 Å². The minimum absolute atomic E-state index is 0.0602. The molecule has 1 heterocycles. The molecule has 4 rings (SSSR count). The van der Waals surface area contributed by atoms with Gasteiger partial charge in [0.25, 0.3) is 5.69 Å². The number of benzene rings is 3. The zero-order chi connectivity index (χ0) is 23.8. The first-order valence-electron chi connectivity index (χ1n) is 10.3. The first-order valence-corrected chi connectivity index (χ1v) is 11.8. The van der Waals surface area contributed by atoms with Gasteiger partial charge in [-0.15, -0.1) is 0 Å². The molecule has 0 amide bonds. The molecule has 3 aromatic rings. The number of aryl methyl sites for hydroxylation is 1. The molecule has 0 saturated carbocycles. The summed E-state index contributed by atoms with van der Waals surface area (Å²) in [5, 5.41) is 11.1. The highest BCUT2D eigenvalue weighted by atomic mass is 32.2. The topological polar surface area (TPSA) is 99.0 Å². The molecule has 1 aliphatic rings. The van der Waals surface area contributed by atoms with Crippen LogP contribution < -0.4 is 9.47 Å². The van der Waals surface area contributed by atoms with E-state index in [9.17, 15) is 18.5 Å². The van der Waals surface area contributed by atoms with E-state index in [1.807, 2.05) is 13.0 Å². The van der Waals surface area contributed by atoms with Crippen molar-refractivity contribution in [3.63, 3.8) is 0 Å². The van der Waals surface area contributed by atoms with Gasteiger partial charge in [0, 0.05) is 18.7 Å². The van der Waals surface area contributed by atoms with Gasteiger partial charge in [-0.3, -0.25) is 10.1 Å². The summed E-state index contributed by atoms with van der Waals surface area (Å²) in [6.07, 6.45) is 0.490. The lowest BCUT2D eigenvalue weighted by Gasteiger charge is -2.37. The Balaban J connectivity index is 1.90. The summed E-state index contributed by atoms with van der Waals surface area (Å²) < 4.78 is 39.8. The summed E-state index contributed by atoms with van der Waals surface area (Å²) in [7, 11) is -0.780. The standard InChI is InChI=1S/C24H24N2O6S/c1-16-4-10-20(11-5-16)33(29,30)25-13-12-18-14-22(31-2)23(32-3)15-21(18)24(25)17-6-8-19(9-7-17)26(27)28/h4-11,14-15,24H,12-13H2,1-3H3. The van der Waals surface area contributed by atoms with Crippen molar-refractivity contribution in [2.45, 2.75) is 24.3 Å². The molecule has 0 spiro atoms. The molecule has 0 radical (unpaired) electrons. The lowest BCUT2D eigenvalue weighted by molar-refractivity contribution is -0.384. The Morgan fingerprint density at radius 2 is 1.58 bits per heavy atom. The fraction of sp³-hybridized carbons (Fsp3) is 0.250. The number of nitro benzene ring substituents is 1. The molecule has 0 bridgehead atoms. The second-order valence-electron chi connectivity index (χ2n) is 7.84. The van der Waals surface area contributed by atoms with Crippen LogP contribution in [0.5, 0.6) is 11.5 Å². The number of nitro groups is 1. The third kappa shape index (κ3) is 4.17. The van der Waals surface area contributed by atoms with Crippen molar-refractivity contribution in [1.29, 1.82) is 0 Å². The van der Waals surface area contributed by atoms with Gasteiger partial charge in [0.2, 0.25) is 10.0 Å². The summed E-state index contributed by atoms with van der Waals surface area (Å²) in [5.74, 6) is 1.05. The second-order valence-corrected chi connectivity index (χ2v) is 9.73. The molecule has 0 aromatic heterocycles. The Labute approximate surface area is 192 Å². The van der Waals surface area contributed by atoms with E-state index >= 15 is 0 Å². The molecule has 0 fully saturated rings. The molecule has 1 unspecified atom stereocenters. The van der Waals surface area contributed by atoms with Gasteiger partial charge in [-0.25, -0.2) is 8.42 Å². The first kappa shape index (κ1) is 22.8. The van der Waals surface area contributed by atoms with Crippen LogP contribution in [0.25, 0.3) is 0 Å². The molecular formula is C24H24N2O6S. The largest absolute Gasteiger partial charge is 0.493 e. The smallest absolute Gasteiger partial charge is 0.269 e. The number of non-ortho nitro benzene ring substituents is 1. The van der Waals surface area contributed by atoms with Gasteiger partial charge in [0.1, 0.15) is 0 Å². The average Bonchev–Trinajstić information content (AvgIpc) is 2.82. The van der Waals surface area contributed by atoms with Crippen LogP contribution in [0.3, 0.4) is 0 Å². The number of methoxy groups -OCH3 is 2. The monoisotopic (exact) mass is 468 g/mol. The van der Waals surface area contributed by atoms with Gasteiger partial charge >= 0.3 is 0 Å². The molecule has 0 N–H and O–H groups in total. The lowest BCUT2D eigenvalue weighted by Crippen LogP contribution is -2.40. The molecule has 8 nitrogen and oxygen atoms in total. The summed E-state index contributed by atoms with van der Waals surface area (Å²) in [6.45, 7) is 2.15. The summed E-state index contributed by atoms with van der Waals surface area (Å²) >= 11 is 0. The van der Waals surface area contributed by atoms with Crippen LogP contribution in [0, 0.1) is 17.0 Å². The Morgan fingerprint density at radius 1 is 0.970 bits per heavy atom. The molecular weight excluding hydrogens is 444 g/mol. The third-order valence-corrected chi connectivity index (χ3v) is 7.76. The minimum Gasteiger partial charge on any atom is -0.493 e. The maximum Gasteiger partial charge on any atom is 0.269 e. The van der Waals surface area contributed by atoms with Crippen molar-refractivity contribution in [3.05, 3.63) is 93.0 Å². The summed E-state index contributed by atoms with van der Waals surface area (Å²) in [6, 6.07) is 15.7. The number of hydrogen-bond donors (Lipinski definition) is 0. The van der Waals surface area contributed by atoms with Crippen molar-refractivity contribution < 1.29 is 22.8 Å². The van der Waals surface area contributed by atoms with E-state index in [2.05, 4.69) is 0 Å². The van der Waals surface area contributed by atoms with Crippen LogP contribution in [0.15, 0.2) is 65.6 Å². The molecule has 1 aliphatic heterocycles. The zero-order valence-corrected chi connectivity index (χ0v) is 19.3. The van der Waals surface area contributed by atoms with Crippen LogP contribution in [0.1, 0.15) is 28.3 Å². The van der Waals surface area contributed by atoms with Gasteiger partial charge in [0.15, 0.2) is 11.5 Å². The molecule has 172 valence electrons. The van der Waals surface area contributed by atoms with Crippen molar-refractivity contribution in [2.75, 3.05) is 20.8 Å². The zero-order valence-electron chi connectivity index (χ0n) is 18.5. The normalized spacial score (nSPS) is 16.2.